The monoisotopic (exact) mass is 314 g/mol. The van der Waals surface area contributed by atoms with Gasteiger partial charge in [0.2, 0.25) is 0 Å². The number of thiocarbonyl (C=S) groups is 1. The van der Waals surface area contributed by atoms with Gasteiger partial charge in [-0.2, -0.15) is 0 Å². The Balaban J connectivity index is 2.75. The van der Waals surface area contributed by atoms with E-state index in [0.717, 1.165) is 4.47 Å². The van der Waals surface area contributed by atoms with Crippen molar-refractivity contribution in [2.75, 3.05) is 7.05 Å². The van der Waals surface area contributed by atoms with E-state index in [1.54, 1.807) is 24.1 Å². The molecule has 3 nitrogen and oxygen atoms in total. The van der Waals surface area contributed by atoms with Crippen LogP contribution < -0.4 is 5.73 Å². The number of nitrogens with zero attached hydrogens (tertiary/aromatic N) is 1. The van der Waals surface area contributed by atoms with Crippen LogP contribution in [0.15, 0.2) is 28.7 Å². The van der Waals surface area contributed by atoms with E-state index in [0.29, 0.717) is 17.0 Å². The molecular formula is C12H15BrN2OS. The lowest BCUT2D eigenvalue weighted by molar-refractivity contribution is 0.0748. The van der Waals surface area contributed by atoms with Crippen molar-refractivity contribution in [3.63, 3.8) is 0 Å². The third-order valence-corrected chi connectivity index (χ3v) is 3.26. The summed E-state index contributed by atoms with van der Waals surface area (Å²) in [6, 6.07) is 7.27. The number of hydrogen-bond donors (Lipinski definition) is 1. The zero-order valence-electron chi connectivity index (χ0n) is 9.81. The molecule has 92 valence electrons. The van der Waals surface area contributed by atoms with Crippen LogP contribution in [0.1, 0.15) is 23.7 Å². The molecule has 0 aliphatic rings. The zero-order valence-corrected chi connectivity index (χ0v) is 12.2. The average molecular weight is 315 g/mol. The van der Waals surface area contributed by atoms with Gasteiger partial charge in [0.15, 0.2) is 0 Å². The number of carbonyl (C=O) groups is 1. The number of amides is 1. The van der Waals surface area contributed by atoms with Crippen LogP contribution in [0.4, 0.5) is 0 Å². The molecule has 1 amide bonds. The van der Waals surface area contributed by atoms with Crippen LogP contribution in [0.25, 0.3) is 0 Å². The van der Waals surface area contributed by atoms with Gasteiger partial charge < -0.3 is 10.6 Å². The second-order valence-corrected chi connectivity index (χ2v) is 5.38. The molecule has 0 bridgehead atoms. The predicted octanol–water partition coefficient (Wildman–Crippen LogP) is 2.59. The molecule has 2 N–H and O–H groups in total. The minimum absolute atomic E-state index is 0.00338. The van der Waals surface area contributed by atoms with E-state index in [4.69, 9.17) is 18.0 Å². The highest BCUT2D eigenvalue weighted by Crippen LogP contribution is 2.13. The first-order valence-corrected chi connectivity index (χ1v) is 6.43. The molecule has 0 saturated carbocycles. The van der Waals surface area contributed by atoms with Crippen LogP contribution in [-0.2, 0) is 0 Å². The van der Waals surface area contributed by atoms with Crippen LogP contribution in [0.2, 0.25) is 0 Å². The van der Waals surface area contributed by atoms with Gasteiger partial charge in [-0.1, -0.05) is 28.1 Å². The van der Waals surface area contributed by atoms with Gasteiger partial charge in [0.1, 0.15) is 0 Å². The zero-order chi connectivity index (χ0) is 13.0. The minimum Gasteiger partial charge on any atom is -0.393 e. The fraction of sp³-hybridized carbons (Fsp3) is 0.333. The van der Waals surface area contributed by atoms with Crippen LogP contribution >= 0.6 is 28.1 Å². The second kappa shape index (κ2) is 6.12. The van der Waals surface area contributed by atoms with Gasteiger partial charge in [0.25, 0.3) is 5.91 Å². The van der Waals surface area contributed by atoms with E-state index in [1.165, 1.54) is 0 Å². The summed E-state index contributed by atoms with van der Waals surface area (Å²) in [5, 5.41) is 0. The molecule has 0 radical (unpaired) electrons. The maximum Gasteiger partial charge on any atom is 0.253 e. The maximum absolute atomic E-state index is 12.1. The first kappa shape index (κ1) is 14.1. The summed E-state index contributed by atoms with van der Waals surface area (Å²) in [6.45, 7) is 1.93. The second-order valence-electron chi connectivity index (χ2n) is 3.94. The van der Waals surface area contributed by atoms with Crippen molar-refractivity contribution in [3.05, 3.63) is 34.3 Å². The number of hydrogen-bond acceptors (Lipinski definition) is 2. The van der Waals surface area contributed by atoms with Crippen molar-refractivity contribution in [1.82, 2.24) is 4.90 Å². The number of nitrogens with two attached hydrogens (primary N) is 1. The molecule has 1 aromatic carbocycles. The Kier molecular flexibility index (Phi) is 5.08. The highest BCUT2D eigenvalue weighted by Gasteiger charge is 2.17. The summed E-state index contributed by atoms with van der Waals surface area (Å²) in [7, 11) is 1.76. The summed E-state index contributed by atoms with van der Waals surface area (Å²) in [4.78, 5) is 14.2. The number of rotatable bonds is 4. The van der Waals surface area contributed by atoms with E-state index in [9.17, 15) is 4.79 Å². The van der Waals surface area contributed by atoms with Crippen molar-refractivity contribution in [2.45, 2.75) is 19.4 Å². The number of benzene rings is 1. The lowest BCUT2D eigenvalue weighted by Crippen LogP contribution is -2.37. The highest BCUT2D eigenvalue weighted by atomic mass is 79.9. The molecule has 17 heavy (non-hydrogen) atoms. The predicted molar refractivity (Wildman–Crippen MR) is 77.1 cm³/mol. The lowest BCUT2D eigenvalue weighted by atomic mass is 10.1. The first-order valence-electron chi connectivity index (χ1n) is 5.23. The molecule has 0 fully saturated rings. The van der Waals surface area contributed by atoms with E-state index in [1.807, 2.05) is 19.1 Å². The van der Waals surface area contributed by atoms with E-state index >= 15 is 0 Å². The van der Waals surface area contributed by atoms with Gasteiger partial charge in [0.05, 0.1) is 4.99 Å². The van der Waals surface area contributed by atoms with Crippen molar-refractivity contribution in [2.24, 2.45) is 5.73 Å². The van der Waals surface area contributed by atoms with Gasteiger partial charge in [-0.25, -0.2) is 0 Å². The first-order chi connectivity index (χ1) is 7.91. The maximum atomic E-state index is 12.1. The van der Waals surface area contributed by atoms with E-state index < -0.39 is 0 Å². The Bertz CT molecular complexity index is 419. The standard InChI is InChI=1S/C12H15BrN2OS/c1-8(7-11(14)17)15(2)12(16)9-3-5-10(13)6-4-9/h3-6,8H,7H2,1-2H3,(H2,14,17). The SMILES string of the molecule is CC(CC(N)=S)N(C)C(=O)c1ccc(Br)cc1. The summed E-state index contributed by atoms with van der Waals surface area (Å²) in [6.07, 6.45) is 0.536. The smallest absolute Gasteiger partial charge is 0.253 e. The van der Waals surface area contributed by atoms with Crippen molar-refractivity contribution in [3.8, 4) is 0 Å². The molecule has 1 unspecified atom stereocenters. The Morgan fingerprint density at radius 2 is 2.00 bits per heavy atom. The highest BCUT2D eigenvalue weighted by molar-refractivity contribution is 9.10. The molecule has 0 spiro atoms. The molecule has 1 atom stereocenters. The molecule has 0 aliphatic carbocycles. The number of halogens is 1. The summed E-state index contributed by atoms with van der Waals surface area (Å²) < 4.78 is 0.952. The fourth-order valence-corrected chi connectivity index (χ4v) is 1.93. The molecule has 0 aromatic heterocycles. The van der Waals surface area contributed by atoms with Crippen LogP contribution in [0.3, 0.4) is 0 Å². The quantitative estimate of drug-likeness (QED) is 0.869. The lowest BCUT2D eigenvalue weighted by Gasteiger charge is -2.24. The normalized spacial score (nSPS) is 11.9. The summed E-state index contributed by atoms with van der Waals surface area (Å²) in [5.41, 5.74) is 6.13. The Labute approximate surface area is 115 Å². The van der Waals surface area contributed by atoms with Gasteiger partial charge in [-0.15, -0.1) is 0 Å². The third-order valence-electron chi connectivity index (χ3n) is 2.57. The average Bonchev–Trinajstić information content (AvgIpc) is 2.27. The van der Waals surface area contributed by atoms with Gasteiger partial charge in [0, 0.05) is 29.5 Å². The molecule has 1 aromatic rings. The molecular weight excluding hydrogens is 300 g/mol. The summed E-state index contributed by atoms with van der Waals surface area (Å²) >= 11 is 8.18. The third kappa shape index (κ3) is 4.09. The van der Waals surface area contributed by atoms with Gasteiger partial charge >= 0.3 is 0 Å². The molecule has 5 heteroatoms. The van der Waals surface area contributed by atoms with Crippen LogP contribution in [-0.4, -0.2) is 28.9 Å². The van der Waals surface area contributed by atoms with Crippen LogP contribution in [0.5, 0.6) is 0 Å². The Morgan fingerprint density at radius 1 is 1.47 bits per heavy atom. The van der Waals surface area contributed by atoms with Crippen molar-refractivity contribution in [1.29, 1.82) is 0 Å². The Morgan fingerprint density at radius 3 is 2.47 bits per heavy atom. The van der Waals surface area contributed by atoms with Crippen molar-refractivity contribution >= 4 is 39.0 Å². The largest absolute Gasteiger partial charge is 0.393 e. The molecule has 1 rings (SSSR count). The topological polar surface area (TPSA) is 46.3 Å². The minimum atomic E-state index is -0.0266. The summed E-state index contributed by atoms with van der Waals surface area (Å²) in [5.74, 6) is -0.0266. The van der Waals surface area contributed by atoms with Crippen molar-refractivity contribution < 1.29 is 4.79 Å². The van der Waals surface area contributed by atoms with Gasteiger partial charge in [-0.05, 0) is 31.2 Å². The molecule has 0 saturated heterocycles. The Hall–Kier alpha value is -0.940. The van der Waals surface area contributed by atoms with E-state index in [2.05, 4.69) is 15.9 Å². The van der Waals surface area contributed by atoms with Crippen LogP contribution in [0, 0.1) is 0 Å². The van der Waals surface area contributed by atoms with E-state index in [-0.39, 0.29) is 11.9 Å². The molecule has 0 heterocycles. The van der Waals surface area contributed by atoms with Gasteiger partial charge in [-0.3, -0.25) is 4.79 Å². The number of carbonyl (C=O) groups excluding carboxylic acids is 1. The molecule has 0 aliphatic heterocycles. The fourth-order valence-electron chi connectivity index (χ4n) is 1.42.